The molecule has 2 saturated carbocycles. The number of carbonyl (C=O) groups excluding carboxylic acids is 1. The van der Waals surface area contributed by atoms with Crippen molar-refractivity contribution in [3.8, 4) is 0 Å². The van der Waals surface area contributed by atoms with Crippen molar-refractivity contribution >= 4 is 16.1 Å². The number of nitrogens with one attached hydrogen (secondary N) is 2. The van der Waals surface area contributed by atoms with E-state index in [1.54, 1.807) is 20.8 Å². The second kappa shape index (κ2) is 6.74. The average molecular weight is 332 g/mol. The Balaban J connectivity index is 1.91. The SMILES string of the molecule is CC(C)(C)OC(=O)NC[C@@H](NS(=O)(=O)C1CC1)C1CCCC1. The van der Waals surface area contributed by atoms with Crippen LogP contribution < -0.4 is 10.0 Å². The van der Waals surface area contributed by atoms with E-state index in [0.29, 0.717) is 5.92 Å². The van der Waals surface area contributed by atoms with E-state index >= 15 is 0 Å². The van der Waals surface area contributed by atoms with E-state index in [4.69, 9.17) is 4.74 Å². The van der Waals surface area contributed by atoms with Gasteiger partial charge in [0.25, 0.3) is 0 Å². The number of carbonyl (C=O) groups is 1. The van der Waals surface area contributed by atoms with Crippen LogP contribution in [0.25, 0.3) is 0 Å². The van der Waals surface area contributed by atoms with Gasteiger partial charge in [0.05, 0.1) is 5.25 Å². The van der Waals surface area contributed by atoms with Crippen LogP contribution in [0.15, 0.2) is 0 Å². The molecule has 1 atom stereocenters. The second-order valence-corrected chi connectivity index (χ2v) is 9.39. The number of amides is 1. The van der Waals surface area contributed by atoms with Crippen molar-refractivity contribution in [3.05, 3.63) is 0 Å². The van der Waals surface area contributed by atoms with Crippen LogP contribution in [-0.4, -0.2) is 37.9 Å². The van der Waals surface area contributed by atoms with Gasteiger partial charge in [0.15, 0.2) is 0 Å². The van der Waals surface area contributed by atoms with Gasteiger partial charge in [0, 0.05) is 12.6 Å². The van der Waals surface area contributed by atoms with Crippen molar-refractivity contribution < 1.29 is 17.9 Å². The molecule has 0 radical (unpaired) electrons. The highest BCUT2D eigenvalue weighted by Gasteiger charge is 2.39. The Morgan fingerprint density at radius 1 is 1.18 bits per heavy atom. The molecule has 0 aromatic rings. The van der Waals surface area contributed by atoms with Crippen LogP contribution in [-0.2, 0) is 14.8 Å². The normalized spacial score (nSPS) is 21.6. The van der Waals surface area contributed by atoms with E-state index in [2.05, 4.69) is 10.0 Å². The minimum Gasteiger partial charge on any atom is -0.444 e. The van der Waals surface area contributed by atoms with Crippen molar-refractivity contribution in [2.75, 3.05) is 6.54 Å². The fourth-order valence-electron chi connectivity index (χ4n) is 2.86. The lowest BCUT2D eigenvalue weighted by Crippen LogP contribution is -2.49. The molecule has 1 amide bonds. The molecule has 2 aliphatic rings. The molecule has 0 saturated heterocycles. The maximum atomic E-state index is 12.2. The summed E-state index contributed by atoms with van der Waals surface area (Å²) in [6, 6.07) is -0.236. The molecule has 0 spiro atoms. The first kappa shape index (κ1) is 17.5. The standard InChI is InChI=1S/C15H28N2O4S/c1-15(2,3)21-14(18)16-10-13(11-6-4-5-7-11)17-22(19,20)12-8-9-12/h11-13,17H,4-10H2,1-3H3,(H,16,18)/t13-/m1/s1. The maximum absolute atomic E-state index is 12.2. The van der Waals surface area contributed by atoms with Gasteiger partial charge in [-0.15, -0.1) is 0 Å². The first-order valence-corrected chi connectivity index (χ1v) is 9.70. The lowest BCUT2D eigenvalue weighted by Gasteiger charge is -2.26. The third kappa shape index (κ3) is 5.43. The molecule has 7 heteroatoms. The molecule has 0 aromatic carbocycles. The summed E-state index contributed by atoms with van der Waals surface area (Å²) in [4.78, 5) is 11.8. The highest BCUT2D eigenvalue weighted by Crippen LogP contribution is 2.31. The number of hydrogen-bond donors (Lipinski definition) is 2. The summed E-state index contributed by atoms with van der Waals surface area (Å²) in [5.74, 6) is 0.295. The number of rotatable bonds is 6. The Morgan fingerprint density at radius 2 is 1.77 bits per heavy atom. The number of hydrogen-bond acceptors (Lipinski definition) is 4. The van der Waals surface area contributed by atoms with Crippen LogP contribution in [0.1, 0.15) is 59.3 Å². The van der Waals surface area contributed by atoms with Crippen molar-refractivity contribution in [1.82, 2.24) is 10.0 Å². The summed E-state index contributed by atoms with van der Waals surface area (Å²) in [6.07, 6.45) is 5.25. The summed E-state index contributed by atoms with van der Waals surface area (Å²) in [5, 5.41) is 2.47. The zero-order valence-electron chi connectivity index (χ0n) is 13.7. The smallest absolute Gasteiger partial charge is 0.407 e. The van der Waals surface area contributed by atoms with Crippen molar-refractivity contribution in [3.63, 3.8) is 0 Å². The van der Waals surface area contributed by atoms with E-state index in [1.807, 2.05) is 0 Å². The summed E-state index contributed by atoms with van der Waals surface area (Å²) in [6.45, 7) is 5.69. The quantitative estimate of drug-likeness (QED) is 0.780. The first-order valence-electron chi connectivity index (χ1n) is 8.15. The van der Waals surface area contributed by atoms with Gasteiger partial charge >= 0.3 is 6.09 Å². The minimum atomic E-state index is -3.25. The van der Waals surface area contributed by atoms with Crippen LogP contribution >= 0.6 is 0 Å². The third-order valence-electron chi connectivity index (χ3n) is 4.11. The molecule has 0 heterocycles. The predicted octanol–water partition coefficient (Wildman–Crippen LogP) is 2.15. The number of sulfonamides is 1. The van der Waals surface area contributed by atoms with E-state index in [9.17, 15) is 13.2 Å². The van der Waals surface area contributed by atoms with Crippen LogP contribution in [0.5, 0.6) is 0 Å². The lowest BCUT2D eigenvalue weighted by atomic mass is 9.99. The third-order valence-corrected chi connectivity index (χ3v) is 6.09. The molecule has 128 valence electrons. The molecule has 0 unspecified atom stereocenters. The van der Waals surface area contributed by atoms with E-state index in [1.165, 1.54) is 0 Å². The van der Waals surface area contributed by atoms with Gasteiger partial charge in [0.1, 0.15) is 5.60 Å². The molecule has 2 fully saturated rings. The summed E-state index contributed by atoms with van der Waals surface area (Å²) in [7, 11) is -3.25. The molecular weight excluding hydrogens is 304 g/mol. The van der Waals surface area contributed by atoms with Crippen LogP contribution in [0.3, 0.4) is 0 Å². The molecule has 0 bridgehead atoms. The molecule has 0 aliphatic heterocycles. The molecular formula is C15H28N2O4S. The largest absolute Gasteiger partial charge is 0.444 e. The summed E-state index contributed by atoms with van der Waals surface area (Å²) < 4.78 is 32.4. The van der Waals surface area contributed by atoms with Crippen LogP contribution in [0.2, 0.25) is 0 Å². The minimum absolute atomic E-state index is 0.236. The van der Waals surface area contributed by atoms with Gasteiger partial charge in [-0.25, -0.2) is 17.9 Å². The summed E-state index contributed by atoms with van der Waals surface area (Å²) >= 11 is 0. The average Bonchev–Trinajstić information content (AvgIpc) is 3.10. The maximum Gasteiger partial charge on any atom is 0.407 e. The summed E-state index contributed by atoms with van der Waals surface area (Å²) in [5.41, 5.74) is -0.555. The Kier molecular flexibility index (Phi) is 5.37. The van der Waals surface area contributed by atoms with E-state index < -0.39 is 21.7 Å². The van der Waals surface area contributed by atoms with Gasteiger partial charge in [-0.1, -0.05) is 12.8 Å². The Hall–Kier alpha value is -0.820. The Morgan fingerprint density at radius 3 is 2.27 bits per heavy atom. The predicted molar refractivity (Wildman–Crippen MR) is 85.1 cm³/mol. The Labute approximate surface area is 133 Å². The van der Waals surface area contributed by atoms with Crippen molar-refractivity contribution in [2.45, 2.75) is 76.2 Å². The van der Waals surface area contributed by atoms with Crippen molar-refractivity contribution in [1.29, 1.82) is 0 Å². The number of alkyl carbamates (subject to hydrolysis) is 1. The fraction of sp³-hybridized carbons (Fsp3) is 0.933. The van der Waals surface area contributed by atoms with Gasteiger partial charge in [-0.05, 0) is 52.4 Å². The monoisotopic (exact) mass is 332 g/mol. The topological polar surface area (TPSA) is 84.5 Å². The zero-order valence-corrected chi connectivity index (χ0v) is 14.5. The number of ether oxygens (including phenoxy) is 1. The molecule has 2 rings (SSSR count). The van der Waals surface area contributed by atoms with Crippen LogP contribution in [0, 0.1) is 5.92 Å². The fourth-order valence-corrected chi connectivity index (χ4v) is 4.50. The molecule has 6 nitrogen and oxygen atoms in total. The lowest BCUT2D eigenvalue weighted by molar-refractivity contribution is 0.0520. The highest BCUT2D eigenvalue weighted by atomic mass is 32.2. The van der Waals surface area contributed by atoms with E-state index in [-0.39, 0.29) is 17.8 Å². The van der Waals surface area contributed by atoms with Gasteiger partial charge in [0.2, 0.25) is 10.0 Å². The molecule has 2 aliphatic carbocycles. The molecule has 22 heavy (non-hydrogen) atoms. The molecule has 2 N–H and O–H groups in total. The van der Waals surface area contributed by atoms with Gasteiger partial charge in [-0.3, -0.25) is 0 Å². The van der Waals surface area contributed by atoms with Crippen LogP contribution in [0.4, 0.5) is 4.79 Å². The van der Waals surface area contributed by atoms with E-state index in [0.717, 1.165) is 38.5 Å². The molecule has 0 aromatic heterocycles. The van der Waals surface area contributed by atoms with Crippen molar-refractivity contribution in [2.24, 2.45) is 5.92 Å². The van der Waals surface area contributed by atoms with Gasteiger partial charge in [-0.2, -0.15) is 0 Å². The first-order chi connectivity index (χ1) is 10.2. The highest BCUT2D eigenvalue weighted by molar-refractivity contribution is 7.90. The van der Waals surface area contributed by atoms with Gasteiger partial charge < -0.3 is 10.1 Å². The zero-order chi connectivity index (χ0) is 16.4. The Bertz CT molecular complexity index is 488. The second-order valence-electron chi connectivity index (χ2n) is 7.40.